The van der Waals surface area contributed by atoms with E-state index >= 15 is 0 Å². The third-order valence-electron chi connectivity index (χ3n) is 2.30. The fourth-order valence-corrected chi connectivity index (χ4v) is 1.48. The topological polar surface area (TPSA) is 90.4 Å². The van der Waals surface area contributed by atoms with Crippen molar-refractivity contribution in [3.63, 3.8) is 0 Å². The molecule has 1 heterocycles. The first-order chi connectivity index (χ1) is 8.58. The molecule has 2 aromatic rings. The number of carbonyl (C=O) groups is 1. The Balaban J connectivity index is 2.20. The smallest absolute Gasteiger partial charge is 0.257 e. The van der Waals surface area contributed by atoms with E-state index in [2.05, 4.69) is 10.5 Å². The van der Waals surface area contributed by atoms with E-state index in [-0.39, 0.29) is 5.91 Å². The molecular weight excluding hydrogens is 234 g/mol. The second kappa shape index (κ2) is 4.79. The molecule has 18 heavy (non-hydrogen) atoms. The van der Waals surface area contributed by atoms with Gasteiger partial charge in [-0.15, -0.1) is 0 Å². The summed E-state index contributed by atoms with van der Waals surface area (Å²) in [5.74, 6) is 1.18. The number of ether oxygens (including phenoxy) is 1. The lowest BCUT2D eigenvalue weighted by Crippen LogP contribution is -2.12. The largest absolute Gasteiger partial charge is 0.497 e. The minimum atomic E-state index is -0.325. The van der Waals surface area contributed by atoms with E-state index < -0.39 is 0 Å². The van der Waals surface area contributed by atoms with E-state index in [1.165, 1.54) is 7.11 Å². The van der Waals surface area contributed by atoms with Crippen LogP contribution >= 0.6 is 0 Å². The molecule has 0 radical (unpaired) electrons. The lowest BCUT2D eigenvalue weighted by Gasteiger charge is -2.06. The zero-order valence-electron chi connectivity index (χ0n) is 10.1. The van der Waals surface area contributed by atoms with Gasteiger partial charge in [0, 0.05) is 23.4 Å². The first-order valence-electron chi connectivity index (χ1n) is 5.27. The Morgan fingerprint density at radius 3 is 2.78 bits per heavy atom. The van der Waals surface area contributed by atoms with Gasteiger partial charge in [0.2, 0.25) is 0 Å². The molecule has 0 spiro atoms. The van der Waals surface area contributed by atoms with Crippen LogP contribution < -0.4 is 15.8 Å². The summed E-state index contributed by atoms with van der Waals surface area (Å²) in [6.45, 7) is 1.74. The van der Waals surface area contributed by atoms with Crippen LogP contribution in [0.5, 0.6) is 5.75 Å². The molecule has 0 aliphatic rings. The van der Waals surface area contributed by atoms with E-state index in [9.17, 15) is 4.79 Å². The summed E-state index contributed by atoms with van der Waals surface area (Å²) in [7, 11) is 1.51. The number of hydrogen-bond acceptors (Lipinski definition) is 5. The number of benzene rings is 1. The van der Waals surface area contributed by atoms with Crippen LogP contribution in [-0.4, -0.2) is 18.2 Å². The molecule has 0 fully saturated rings. The number of nitrogen functional groups attached to an aromatic ring is 1. The van der Waals surface area contributed by atoms with Gasteiger partial charge in [0.1, 0.15) is 11.5 Å². The molecule has 0 aliphatic heterocycles. The highest BCUT2D eigenvalue weighted by Gasteiger charge is 2.10. The van der Waals surface area contributed by atoms with Gasteiger partial charge in [0.05, 0.1) is 7.11 Å². The first-order valence-corrected chi connectivity index (χ1v) is 5.27. The maximum atomic E-state index is 11.9. The summed E-state index contributed by atoms with van der Waals surface area (Å²) >= 11 is 0. The van der Waals surface area contributed by atoms with E-state index in [0.29, 0.717) is 28.6 Å². The molecule has 0 aliphatic carbocycles. The van der Waals surface area contributed by atoms with Crippen LogP contribution in [0.3, 0.4) is 0 Å². The van der Waals surface area contributed by atoms with Crippen molar-refractivity contribution in [2.75, 3.05) is 18.2 Å². The molecule has 1 aromatic carbocycles. The van der Waals surface area contributed by atoms with Crippen LogP contribution in [-0.2, 0) is 0 Å². The van der Waals surface area contributed by atoms with Crippen LogP contribution in [0.4, 0.5) is 11.5 Å². The maximum Gasteiger partial charge on any atom is 0.257 e. The predicted molar refractivity (Wildman–Crippen MR) is 66.6 cm³/mol. The highest BCUT2D eigenvalue weighted by molar-refractivity contribution is 6.04. The average Bonchev–Trinajstić information content (AvgIpc) is 2.73. The summed E-state index contributed by atoms with van der Waals surface area (Å²) in [6.07, 6.45) is 0. The van der Waals surface area contributed by atoms with Crippen LogP contribution in [0.15, 0.2) is 28.8 Å². The zero-order valence-corrected chi connectivity index (χ0v) is 10.1. The number of aryl methyl sites for hydroxylation is 1. The third kappa shape index (κ3) is 2.60. The van der Waals surface area contributed by atoms with Crippen molar-refractivity contribution < 1.29 is 14.1 Å². The van der Waals surface area contributed by atoms with Gasteiger partial charge in [-0.2, -0.15) is 0 Å². The molecule has 1 aromatic heterocycles. The fraction of sp³-hybridized carbons (Fsp3) is 0.167. The van der Waals surface area contributed by atoms with Gasteiger partial charge in [0.15, 0.2) is 5.82 Å². The number of nitrogens with two attached hydrogens (primary N) is 1. The molecule has 0 unspecified atom stereocenters. The van der Waals surface area contributed by atoms with E-state index in [1.807, 2.05) is 0 Å². The average molecular weight is 247 g/mol. The fourth-order valence-electron chi connectivity index (χ4n) is 1.48. The number of nitrogens with one attached hydrogen (secondary N) is 1. The summed E-state index contributed by atoms with van der Waals surface area (Å²) in [5, 5.41) is 6.28. The van der Waals surface area contributed by atoms with Gasteiger partial charge in [-0.05, 0) is 19.1 Å². The highest BCUT2D eigenvalue weighted by atomic mass is 16.5. The van der Waals surface area contributed by atoms with Crippen molar-refractivity contribution in [2.45, 2.75) is 6.92 Å². The normalized spacial score (nSPS) is 10.1. The second-order valence-electron chi connectivity index (χ2n) is 3.77. The van der Waals surface area contributed by atoms with Crippen molar-refractivity contribution in [3.05, 3.63) is 35.6 Å². The number of amides is 1. The van der Waals surface area contributed by atoms with Gasteiger partial charge in [0.25, 0.3) is 5.91 Å². The lowest BCUT2D eigenvalue weighted by molar-refractivity contribution is 0.102. The van der Waals surface area contributed by atoms with Crippen molar-refractivity contribution in [3.8, 4) is 5.75 Å². The van der Waals surface area contributed by atoms with Crippen LogP contribution in [0, 0.1) is 6.92 Å². The van der Waals surface area contributed by atoms with E-state index in [1.54, 1.807) is 31.2 Å². The second-order valence-corrected chi connectivity index (χ2v) is 3.77. The van der Waals surface area contributed by atoms with Crippen molar-refractivity contribution in [2.24, 2.45) is 0 Å². The van der Waals surface area contributed by atoms with Gasteiger partial charge in [-0.3, -0.25) is 4.79 Å². The molecule has 0 bridgehead atoms. The first kappa shape index (κ1) is 12.0. The number of hydrogen-bond donors (Lipinski definition) is 2. The Hall–Kier alpha value is -2.50. The minimum absolute atomic E-state index is 0.325. The lowest BCUT2D eigenvalue weighted by atomic mass is 10.1. The standard InChI is InChI=1S/C12H13N3O3/c1-7-3-11(15-18-7)14-12(16)8-4-9(13)6-10(5-8)17-2/h3-6H,13H2,1-2H3,(H,14,15,16). The molecular formula is C12H13N3O3. The minimum Gasteiger partial charge on any atom is -0.497 e. The maximum absolute atomic E-state index is 11.9. The SMILES string of the molecule is COc1cc(N)cc(C(=O)Nc2cc(C)on2)c1. The van der Waals surface area contributed by atoms with Crippen LogP contribution in [0.2, 0.25) is 0 Å². The quantitative estimate of drug-likeness (QED) is 0.807. The number of methoxy groups -OCH3 is 1. The molecule has 3 N–H and O–H groups in total. The number of aromatic nitrogens is 1. The summed E-state index contributed by atoms with van der Waals surface area (Å²) in [6, 6.07) is 6.42. The Morgan fingerprint density at radius 1 is 1.39 bits per heavy atom. The molecule has 1 amide bonds. The molecule has 94 valence electrons. The number of rotatable bonds is 3. The summed E-state index contributed by atoms with van der Waals surface area (Å²) in [5.41, 5.74) is 6.53. The van der Waals surface area contributed by atoms with Crippen LogP contribution in [0.25, 0.3) is 0 Å². The molecule has 6 nitrogen and oxygen atoms in total. The van der Waals surface area contributed by atoms with Crippen molar-refractivity contribution in [1.29, 1.82) is 0 Å². The summed E-state index contributed by atoms with van der Waals surface area (Å²) in [4.78, 5) is 11.9. The van der Waals surface area contributed by atoms with Gasteiger partial charge < -0.3 is 20.3 Å². The Bertz CT molecular complexity index is 578. The van der Waals surface area contributed by atoms with Gasteiger partial charge in [-0.1, -0.05) is 5.16 Å². The van der Waals surface area contributed by atoms with E-state index in [4.69, 9.17) is 15.0 Å². The Kier molecular flexibility index (Phi) is 3.18. The van der Waals surface area contributed by atoms with Gasteiger partial charge >= 0.3 is 0 Å². The number of nitrogens with zero attached hydrogens (tertiary/aromatic N) is 1. The van der Waals surface area contributed by atoms with Crippen molar-refractivity contribution >= 4 is 17.4 Å². The molecule has 0 saturated heterocycles. The Labute approximate surface area is 104 Å². The molecule has 0 saturated carbocycles. The van der Waals surface area contributed by atoms with Gasteiger partial charge in [-0.25, -0.2) is 0 Å². The number of carbonyl (C=O) groups excluding carboxylic acids is 1. The highest BCUT2D eigenvalue weighted by Crippen LogP contribution is 2.19. The zero-order chi connectivity index (χ0) is 13.1. The monoisotopic (exact) mass is 247 g/mol. The molecule has 0 atom stereocenters. The van der Waals surface area contributed by atoms with E-state index in [0.717, 1.165) is 0 Å². The van der Waals surface area contributed by atoms with Crippen LogP contribution in [0.1, 0.15) is 16.1 Å². The predicted octanol–water partition coefficient (Wildman–Crippen LogP) is 1.83. The molecule has 2 rings (SSSR count). The van der Waals surface area contributed by atoms with Crippen molar-refractivity contribution in [1.82, 2.24) is 5.16 Å². The third-order valence-corrected chi connectivity index (χ3v) is 2.30. The summed E-state index contributed by atoms with van der Waals surface area (Å²) < 4.78 is 9.90. The Morgan fingerprint density at radius 2 is 2.17 bits per heavy atom. The number of anilines is 2. The molecule has 6 heteroatoms.